The number of benzene rings is 2. The van der Waals surface area contributed by atoms with E-state index in [0.29, 0.717) is 5.02 Å². The van der Waals surface area contributed by atoms with Crippen molar-refractivity contribution in [3.05, 3.63) is 63.7 Å². The molecule has 0 saturated carbocycles. The summed E-state index contributed by atoms with van der Waals surface area (Å²) >= 11 is 11.3. The molecule has 0 aliphatic heterocycles. The summed E-state index contributed by atoms with van der Waals surface area (Å²) in [6.07, 6.45) is 0. The molecule has 0 unspecified atom stereocenters. The summed E-state index contributed by atoms with van der Waals surface area (Å²) in [5, 5.41) is 9.16. The van der Waals surface area contributed by atoms with Gasteiger partial charge in [0.25, 0.3) is 0 Å². The lowest BCUT2D eigenvalue weighted by atomic mass is 10.1. The second kappa shape index (κ2) is 6.86. The maximum absolute atomic E-state index is 6.09. The maximum Gasteiger partial charge on any atom is 0.101 e. The Bertz CT molecular complexity index is 786. The fraction of sp³-hybridized carbons (Fsp3) is 0.125. The molecular weight excluding hydrogens is 382 g/mol. The van der Waals surface area contributed by atoms with Crippen molar-refractivity contribution in [3.8, 4) is 11.3 Å². The highest BCUT2D eigenvalue weighted by atomic mass is 79.9. The molecule has 1 aromatic heterocycles. The Morgan fingerprint density at radius 2 is 1.95 bits per heavy atom. The first kappa shape index (κ1) is 15.6. The van der Waals surface area contributed by atoms with Gasteiger partial charge in [0.05, 0.1) is 5.69 Å². The summed E-state index contributed by atoms with van der Waals surface area (Å²) in [6.45, 7) is 0. The molecule has 0 amide bonds. The van der Waals surface area contributed by atoms with Crippen LogP contribution in [-0.2, 0) is 12.8 Å². The van der Waals surface area contributed by atoms with Crippen LogP contribution >= 0.6 is 39.3 Å². The van der Waals surface area contributed by atoms with Gasteiger partial charge in [0, 0.05) is 32.8 Å². The normalized spacial score (nSPS) is 10.9. The largest absolute Gasteiger partial charge is 0.247 e. The predicted octanol–water partition coefficient (Wildman–Crippen LogP) is 5.19. The number of hydrogen-bond donors (Lipinski definition) is 0. The van der Waals surface area contributed by atoms with Gasteiger partial charge in [0.1, 0.15) is 5.69 Å². The average Bonchev–Trinajstić information content (AvgIpc) is 2.87. The SMILES string of the molecule is Cn1nnc(CSc2ccc(Br)cc2)c1-c1cccc(Cl)c1. The van der Waals surface area contributed by atoms with E-state index in [1.165, 1.54) is 4.90 Å². The molecule has 112 valence electrons. The molecule has 2 aromatic carbocycles. The predicted molar refractivity (Wildman–Crippen MR) is 95.2 cm³/mol. The van der Waals surface area contributed by atoms with Gasteiger partial charge in [-0.05, 0) is 36.4 Å². The van der Waals surface area contributed by atoms with Gasteiger partial charge in [-0.2, -0.15) is 0 Å². The molecule has 3 rings (SSSR count). The molecule has 6 heteroatoms. The quantitative estimate of drug-likeness (QED) is 0.570. The smallest absolute Gasteiger partial charge is 0.101 e. The lowest BCUT2D eigenvalue weighted by molar-refractivity contribution is 0.719. The summed E-state index contributed by atoms with van der Waals surface area (Å²) in [7, 11) is 1.90. The van der Waals surface area contributed by atoms with Crippen molar-refractivity contribution in [1.82, 2.24) is 15.0 Å². The molecule has 3 nitrogen and oxygen atoms in total. The van der Waals surface area contributed by atoms with E-state index in [2.05, 4.69) is 38.4 Å². The molecule has 0 bridgehead atoms. The molecule has 0 spiro atoms. The molecule has 3 aromatic rings. The molecule has 0 radical (unpaired) electrons. The number of nitrogens with zero attached hydrogens (tertiary/aromatic N) is 3. The van der Waals surface area contributed by atoms with Crippen LogP contribution in [0.25, 0.3) is 11.3 Å². The van der Waals surface area contributed by atoms with Gasteiger partial charge >= 0.3 is 0 Å². The molecule has 0 atom stereocenters. The molecule has 0 N–H and O–H groups in total. The van der Waals surface area contributed by atoms with Crippen molar-refractivity contribution in [3.63, 3.8) is 0 Å². The van der Waals surface area contributed by atoms with E-state index in [-0.39, 0.29) is 0 Å². The second-order valence-corrected chi connectivity index (χ2v) is 7.16. The van der Waals surface area contributed by atoms with Crippen LogP contribution in [0.5, 0.6) is 0 Å². The van der Waals surface area contributed by atoms with Crippen molar-refractivity contribution in [1.29, 1.82) is 0 Å². The lowest BCUT2D eigenvalue weighted by Gasteiger charge is -2.05. The van der Waals surface area contributed by atoms with Crippen LogP contribution in [-0.4, -0.2) is 15.0 Å². The minimum Gasteiger partial charge on any atom is -0.247 e. The summed E-state index contributed by atoms with van der Waals surface area (Å²) in [6, 6.07) is 16.0. The number of thioether (sulfide) groups is 1. The maximum atomic E-state index is 6.09. The van der Waals surface area contributed by atoms with Gasteiger partial charge in [0.2, 0.25) is 0 Å². The molecule has 0 aliphatic rings. The van der Waals surface area contributed by atoms with Crippen molar-refractivity contribution in [2.45, 2.75) is 10.6 Å². The van der Waals surface area contributed by atoms with Crippen molar-refractivity contribution in [2.24, 2.45) is 7.05 Å². The van der Waals surface area contributed by atoms with E-state index >= 15 is 0 Å². The Balaban J connectivity index is 1.84. The number of halogens is 2. The van der Waals surface area contributed by atoms with E-state index in [4.69, 9.17) is 11.6 Å². The van der Waals surface area contributed by atoms with Crippen LogP contribution in [0, 0.1) is 0 Å². The fourth-order valence-electron chi connectivity index (χ4n) is 2.17. The molecular formula is C16H13BrClN3S. The Kier molecular flexibility index (Phi) is 4.86. The summed E-state index contributed by atoms with van der Waals surface area (Å²) in [5.74, 6) is 0.761. The number of aryl methyl sites for hydroxylation is 1. The number of rotatable bonds is 4. The summed E-state index contributed by atoms with van der Waals surface area (Å²) < 4.78 is 2.87. The Morgan fingerprint density at radius 3 is 2.68 bits per heavy atom. The monoisotopic (exact) mass is 393 g/mol. The Morgan fingerprint density at radius 1 is 1.18 bits per heavy atom. The van der Waals surface area contributed by atoms with Crippen molar-refractivity contribution >= 4 is 39.3 Å². The highest BCUT2D eigenvalue weighted by Gasteiger charge is 2.13. The Labute approximate surface area is 146 Å². The number of hydrogen-bond acceptors (Lipinski definition) is 3. The molecule has 1 heterocycles. The first-order valence-electron chi connectivity index (χ1n) is 6.66. The highest BCUT2D eigenvalue weighted by Crippen LogP contribution is 2.30. The molecule has 0 aliphatic carbocycles. The van der Waals surface area contributed by atoms with Gasteiger partial charge in [-0.25, -0.2) is 4.68 Å². The third kappa shape index (κ3) is 3.54. The topological polar surface area (TPSA) is 30.7 Å². The zero-order valence-corrected chi connectivity index (χ0v) is 15.0. The summed E-state index contributed by atoms with van der Waals surface area (Å²) in [4.78, 5) is 1.20. The first-order chi connectivity index (χ1) is 10.6. The van der Waals surface area contributed by atoms with Crippen molar-refractivity contribution < 1.29 is 0 Å². The van der Waals surface area contributed by atoms with Crippen molar-refractivity contribution in [2.75, 3.05) is 0 Å². The molecule has 0 saturated heterocycles. The molecule has 0 fully saturated rings. The molecule has 22 heavy (non-hydrogen) atoms. The third-order valence-corrected chi connectivity index (χ3v) is 4.97. The third-order valence-electron chi connectivity index (χ3n) is 3.18. The summed E-state index contributed by atoms with van der Waals surface area (Å²) in [5.41, 5.74) is 3.00. The van der Waals surface area contributed by atoms with Crippen LogP contribution < -0.4 is 0 Å². The standard InChI is InChI=1S/C16H13BrClN3S/c1-21-16(11-3-2-4-13(18)9-11)15(19-20-21)10-22-14-7-5-12(17)6-8-14/h2-9H,10H2,1H3. The highest BCUT2D eigenvalue weighted by molar-refractivity contribution is 9.10. The van der Waals surface area contributed by atoms with Crippen LogP contribution in [0.4, 0.5) is 0 Å². The van der Waals surface area contributed by atoms with E-state index < -0.39 is 0 Å². The zero-order valence-electron chi connectivity index (χ0n) is 11.8. The average molecular weight is 395 g/mol. The fourth-order valence-corrected chi connectivity index (χ4v) is 3.45. The van der Waals surface area contributed by atoms with Crippen LogP contribution in [0.15, 0.2) is 57.9 Å². The minimum absolute atomic E-state index is 0.713. The van der Waals surface area contributed by atoms with Crippen LogP contribution in [0.2, 0.25) is 5.02 Å². The first-order valence-corrected chi connectivity index (χ1v) is 8.82. The Hall–Kier alpha value is -1.30. The van der Waals surface area contributed by atoms with Gasteiger partial charge in [0.15, 0.2) is 0 Å². The van der Waals surface area contributed by atoms with Gasteiger partial charge in [-0.15, -0.1) is 16.9 Å². The minimum atomic E-state index is 0.713. The number of aromatic nitrogens is 3. The van der Waals surface area contributed by atoms with Gasteiger partial charge in [-0.1, -0.05) is 44.9 Å². The van der Waals surface area contributed by atoms with Gasteiger partial charge < -0.3 is 0 Å². The van der Waals surface area contributed by atoms with Crippen LogP contribution in [0.1, 0.15) is 5.69 Å². The van der Waals surface area contributed by atoms with E-state index in [0.717, 1.165) is 27.2 Å². The van der Waals surface area contributed by atoms with E-state index in [9.17, 15) is 0 Å². The van der Waals surface area contributed by atoms with E-state index in [1.54, 1.807) is 16.4 Å². The lowest BCUT2D eigenvalue weighted by Crippen LogP contribution is -1.95. The van der Waals surface area contributed by atoms with E-state index in [1.807, 2.05) is 43.4 Å². The zero-order chi connectivity index (χ0) is 15.5. The second-order valence-electron chi connectivity index (χ2n) is 4.76. The van der Waals surface area contributed by atoms with Crippen LogP contribution in [0.3, 0.4) is 0 Å². The van der Waals surface area contributed by atoms with Gasteiger partial charge in [-0.3, -0.25) is 0 Å².